The van der Waals surface area contributed by atoms with Gasteiger partial charge in [-0.05, 0) is 32.7 Å². The van der Waals surface area contributed by atoms with E-state index in [2.05, 4.69) is 22.0 Å². The fourth-order valence-corrected chi connectivity index (χ4v) is 2.74. The molecular formula is C15H29N3O2. The molecule has 1 heterocycles. The van der Waals surface area contributed by atoms with E-state index in [0.717, 1.165) is 32.7 Å². The smallest absolute Gasteiger partial charge is 0.324 e. The molecule has 1 unspecified atom stereocenters. The highest BCUT2D eigenvalue weighted by Gasteiger charge is 2.31. The quantitative estimate of drug-likeness (QED) is 0.664. The molecule has 1 atom stereocenters. The topological polar surface area (TPSA) is 44.8 Å². The second-order valence-electron chi connectivity index (χ2n) is 5.89. The van der Waals surface area contributed by atoms with E-state index in [4.69, 9.17) is 4.74 Å². The van der Waals surface area contributed by atoms with Crippen molar-refractivity contribution in [2.45, 2.75) is 45.2 Å². The van der Waals surface area contributed by atoms with Gasteiger partial charge in [-0.25, -0.2) is 0 Å². The summed E-state index contributed by atoms with van der Waals surface area (Å²) in [6, 6.07) is 0.381. The van der Waals surface area contributed by atoms with Crippen LogP contribution in [0.4, 0.5) is 0 Å². The number of hydrogen-bond acceptors (Lipinski definition) is 5. The summed E-state index contributed by atoms with van der Waals surface area (Å²) in [6.45, 7) is 10.9. The Morgan fingerprint density at radius 1 is 1.20 bits per heavy atom. The van der Waals surface area contributed by atoms with Gasteiger partial charge in [0.1, 0.15) is 6.04 Å². The van der Waals surface area contributed by atoms with E-state index in [1.807, 2.05) is 6.92 Å². The lowest BCUT2D eigenvalue weighted by Crippen LogP contribution is -2.53. The summed E-state index contributed by atoms with van der Waals surface area (Å²) in [5.41, 5.74) is 0. The number of carbonyl (C=O) groups excluding carboxylic acids is 1. The lowest BCUT2D eigenvalue weighted by Gasteiger charge is -2.36. The van der Waals surface area contributed by atoms with E-state index in [0.29, 0.717) is 12.6 Å². The first-order valence-corrected chi connectivity index (χ1v) is 8.10. The van der Waals surface area contributed by atoms with Crippen LogP contribution in [0.3, 0.4) is 0 Å². The van der Waals surface area contributed by atoms with Crippen molar-refractivity contribution in [3.63, 3.8) is 0 Å². The summed E-state index contributed by atoms with van der Waals surface area (Å²) in [5, 5.41) is 3.43. The Morgan fingerprint density at radius 2 is 1.85 bits per heavy atom. The molecule has 5 nitrogen and oxygen atoms in total. The Morgan fingerprint density at radius 3 is 2.40 bits per heavy atom. The second kappa shape index (κ2) is 7.96. The van der Waals surface area contributed by atoms with Gasteiger partial charge < -0.3 is 15.0 Å². The maximum absolute atomic E-state index is 12.0. The van der Waals surface area contributed by atoms with Gasteiger partial charge in [-0.3, -0.25) is 9.69 Å². The zero-order chi connectivity index (χ0) is 14.4. The number of ether oxygens (including phenoxy) is 1. The molecule has 0 aromatic heterocycles. The minimum atomic E-state index is -0.153. The number of carbonyl (C=O) groups is 1. The van der Waals surface area contributed by atoms with E-state index in [-0.39, 0.29) is 12.0 Å². The van der Waals surface area contributed by atoms with Crippen molar-refractivity contribution < 1.29 is 9.53 Å². The van der Waals surface area contributed by atoms with Crippen molar-refractivity contribution in [1.82, 2.24) is 15.1 Å². The highest BCUT2D eigenvalue weighted by atomic mass is 16.5. The lowest BCUT2D eigenvalue weighted by atomic mass is 10.2. The van der Waals surface area contributed by atoms with Gasteiger partial charge in [0, 0.05) is 38.8 Å². The Kier molecular flexibility index (Phi) is 6.26. The average Bonchev–Trinajstić information content (AvgIpc) is 3.25. The van der Waals surface area contributed by atoms with Gasteiger partial charge >= 0.3 is 5.97 Å². The predicted octanol–water partition coefficient (Wildman–Crippen LogP) is 0.698. The molecule has 0 amide bonds. The third-order valence-electron chi connectivity index (χ3n) is 4.03. The summed E-state index contributed by atoms with van der Waals surface area (Å²) in [4.78, 5) is 16.9. The van der Waals surface area contributed by atoms with Crippen LogP contribution in [0, 0.1) is 0 Å². The van der Waals surface area contributed by atoms with E-state index >= 15 is 0 Å². The summed E-state index contributed by atoms with van der Waals surface area (Å²) in [6.07, 6.45) is 3.61. The zero-order valence-electron chi connectivity index (χ0n) is 12.9. The predicted molar refractivity (Wildman–Crippen MR) is 79.7 cm³/mol. The largest absolute Gasteiger partial charge is 0.465 e. The van der Waals surface area contributed by atoms with Crippen LogP contribution in [-0.2, 0) is 9.53 Å². The first-order valence-electron chi connectivity index (χ1n) is 8.10. The molecule has 1 saturated carbocycles. The maximum Gasteiger partial charge on any atom is 0.324 e. The molecule has 0 aromatic carbocycles. The summed E-state index contributed by atoms with van der Waals surface area (Å²) < 4.78 is 5.20. The number of nitrogens with one attached hydrogen (secondary N) is 1. The third-order valence-corrected chi connectivity index (χ3v) is 4.03. The Labute approximate surface area is 122 Å². The van der Waals surface area contributed by atoms with Gasteiger partial charge in [-0.2, -0.15) is 0 Å². The molecule has 0 aromatic rings. The Balaban J connectivity index is 1.77. The molecule has 0 spiro atoms. The zero-order valence-corrected chi connectivity index (χ0v) is 12.9. The van der Waals surface area contributed by atoms with Crippen LogP contribution < -0.4 is 5.32 Å². The third kappa shape index (κ3) is 5.04. The van der Waals surface area contributed by atoms with Crippen molar-refractivity contribution >= 4 is 5.97 Å². The van der Waals surface area contributed by atoms with Crippen LogP contribution in [-0.4, -0.2) is 73.7 Å². The molecule has 1 saturated heterocycles. The number of rotatable bonds is 8. The minimum absolute atomic E-state index is 0.0876. The first kappa shape index (κ1) is 15.7. The fraction of sp³-hybridized carbons (Fsp3) is 0.933. The van der Waals surface area contributed by atoms with Crippen LogP contribution in [0.25, 0.3) is 0 Å². The van der Waals surface area contributed by atoms with Crippen LogP contribution in [0.15, 0.2) is 0 Å². The highest BCUT2D eigenvalue weighted by molar-refractivity contribution is 5.76. The van der Waals surface area contributed by atoms with Crippen molar-refractivity contribution in [3.05, 3.63) is 0 Å². The molecule has 2 rings (SSSR count). The fourth-order valence-electron chi connectivity index (χ4n) is 2.74. The molecule has 5 heteroatoms. The second-order valence-corrected chi connectivity index (χ2v) is 5.89. The Hall–Kier alpha value is -0.650. The van der Waals surface area contributed by atoms with E-state index in [1.165, 1.54) is 25.8 Å². The SMILES string of the molecule is CCCN1CCN(CC(NC2CC2)C(=O)OCC)CC1. The van der Waals surface area contributed by atoms with Crippen molar-refractivity contribution in [3.8, 4) is 0 Å². The summed E-state index contributed by atoms with van der Waals surface area (Å²) >= 11 is 0. The van der Waals surface area contributed by atoms with Gasteiger partial charge in [-0.1, -0.05) is 6.92 Å². The van der Waals surface area contributed by atoms with Crippen molar-refractivity contribution in [2.75, 3.05) is 45.9 Å². The van der Waals surface area contributed by atoms with Crippen LogP contribution >= 0.6 is 0 Å². The van der Waals surface area contributed by atoms with E-state index in [9.17, 15) is 4.79 Å². The molecule has 1 aliphatic carbocycles. The van der Waals surface area contributed by atoms with Crippen molar-refractivity contribution in [1.29, 1.82) is 0 Å². The molecule has 1 aliphatic heterocycles. The van der Waals surface area contributed by atoms with Crippen LogP contribution in [0.2, 0.25) is 0 Å². The molecule has 20 heavy (non-hydrogen) atoms. The van der Waals surface area contributed by atoms with Gasteiger partial charge in [0.2, 0.25) is 0 Å². The molecule has 0 radical (unpaired) electrons. The van der Waals surface area contributed by atoms with Gasteiger partial charge in [0.25, 0.3) is 0 Å². The van der Waals surface area contributed by atoms with E-state index < -0.39 is 0 Å². The standard InChI is InChI=1S/C15H29N3O2/c1-3-7-17-8-10-18(11-9-17)12-14(15(19)20-4-2)16-13-5-6-13/h13-14,16H,3-12H2,1-2H3. The number of esters is 1. The summed E-state index contributed by atoms with van der Waals surface area (Å²) in [5.74, 6) is -0.0876. The number of piperazine rings is 1. The van der Waals surface area contributed by atoms with Gasteiger partial charge in [0.15, 0.2) is 0 Å². The molecule has 2 fully saturated rings. The highest BCUT2D eigenvalue weighted by Crippen LogP contribution is 2.20. The monoisotopic (exact) mass is 283 g/mol. The van der Waals surface area contributed by atoms with Gasteiger partial charge in [-0.15, -0.1) is 0 Å². The number of nitrogens with zero attached hydrogens (tertiary/aromatic N) is 2. The average molecular weight is 283 g/mol. The Bertz CT molecular complexity index is 299. The molecule has 1 N–H and O–H groups in total. The molecular weight excluding hydrogens is 254 g/mol. The lowest BCUT2D eigenvalue weighted by molar-refractivity contribution is -0.146. The van der Waals surface area contributed by atoms with Crippen molar-refractivity contribution in [2.24, 2.45) is 0 Å². The van der Waals surface area contributed by atoms with Crippen LogP contribution in [0.5, 0.6) is 0 Å². The first-order chi connectivity index (χ1) is 9.72. The maximum atomic E-state index is 12.0. The number of hydrogen-bond donors (Lipinski definition) is 1. The molecule has 2 aliphatic rings. The normalized spacial score (nSPS) is 22.7. The molecule has 116 valence electrons. The molecule has 0 bridgehead atoms. The van der Waals surface area contributed by atoms with E-state index in [1.54, 1.807) is 0 Å². The van der Waals surface area contributed by atoms with Crippen LogP contribution in [0.1, 0.15) is 33.1 Å². The van der Waals surface area contributed by atoms with Gasteiger partial charge in [0.05, 0.1) is 6.61 Å². The summed E-state index contributed by atoms with van der Waals surface area (Å²) in [7, 11) is 0. The minimum Gasteiger partial charge on any atom is -0.465 e.